The van der Waals surface area contributed by atoms with Gasteiger partial charge in [-0.3, -0.25) is 4.79 Å². The van der Waals surface area contributed by atoms with Gasteiger partial charge in [-0.1, -0.05) is 20.8 Å². The Hall–Kier alpha value is -0.530. The molecule has 1 aliphatic rings. The van der Waals surface area contributed by atoms with Crippen LogP contribution in [0.15, 0.2) is 0 Å². The minimum Gasteiger partial charge on any atom is -0.343 e. The number of likely N-dealkylation sites (tertiary alicyclic amines) is 1. The fourth-order valence-corrected chi connectivity index (χ4v) is 1.63. The van der Waals surface area contributed by atoms with Gasteiger partial charge in [-0.05, 0) is 24.7 Å². The van der Waals surface area contributed by atoms with Gasteiger partial charge in [0, 0.05) is 19.5 Å². The van der Waals surface area contributed by atoms with Crippen LogP contribution in [0.3, 0.4) is 0 Å². The van der Waals surface area contributed by atoms with E-state index in [1.165, 1.54) is 0 Å². The van der Waals surface area contributed by atoms with Crippen molar-refractivity contribution in [1.29, 1.82) is 0 Å². The van der Waals surface area contributed by atoms with Crippen LogP contribution in [0.2, 0.25) is 0 Å². The molecule has 2 nitrogen and oxygen atoms in total. The molecule has 1 aliphatic heterocycles. The molecule has 1 atom stereocenters. The van der Waals surface area contributed by atoms with Crippen LogP contribution in [0, 0.1) is 11.8 Å². The van der Waals surface area contributed by atoms with E-state index in [-0.39, 0.29) is 0 Å². The summed E-state index contributed by atoms with van der Waals surface area (Å²) in [5.74, 6) is 1.82. The first-order valence-electron chi connectivity index (χ1n) is 5.39. The van der Waals surface area contributed by atoms with Crippen molar-refractivity contribution in [3.8, 4) is 0 Å². The zero-order valence-corrected chi connectivity index (χ0v) is 9.05. The predicted molar refractivity (Wildman–Crippen MR) is 54.4 cm³/mol. The number of carbonyl (C=O) groups is 1. The Morgan fingerprint density at radius 2 is 2.08 bits per heavy atom. The lowest BCUT2D eigenvalue weighted by Gasteiger charge is -2.20. The lowest BCUT2D eigenvalue weighted by atomic mass is 9.95. The fraction of sp³-hybridized carbons (Fsp3) is 0.909. The Bertz CT molecular complexity index is 177. The first-order valence-corrected chi connectivity index (χ1v) is 5.39. The van der Waals surface area contributed by atoms with Crippen LogP contribution in [0.1, 0.15) is 40.0 Å². The smallest absolute Gasteiger partial charge is 0.222 e. The van der Waals surface area contributed by atoms with Gasteiger partial charge >= 0.3 is 0 Å². The molecule has 0 aromatic carbocycles. The maximum Gasteiger partial charge on any atom is 0.222 e. The van der Waals surface area contributed by atoms with Crippen molar-refractivity contribution < 1.29 is 4.79 Å². The summed E-state index contributed by atoms with van der Waals surface area (Å²) in [5, 5.41) is 0. The molecule has 1 heterocycles. The first kappa shape index (κ1) is 10.6. The molecule has 1 fully saturated rings. The molecular weight excluding hydrogens is 162 g/mol. The summed E-state index contributed by atoms with van der Waals surface area (Å²) in [5.41, 5.74) is 0. The molecule has 0 radical (unpaired) electrons. The van der Waals surface area contributed by atoms with Crippen LogP contribution in [-0.4, -0.2) is 23.9 Å². The van der Waals surface area contributed by atoms with E-state index in [0.29, 0.717) is 5.91 Å². The van der Waals surface area contributed by atoms with Crippen molar-refractivity contribution in [2.45, 2.75) is 40.0 Å². The lowest BCUT2D eigenvalue weighted by Crippen LogP contribution is -2.27. The van der Waals surface area contributed by atoms with Crippen LogP contribution in [0.5, 0.6) is 0 Å². The molecule has 0 spiro atoms. The lowest BCUT2D eigenvalue weighted by molar-refractivity contribution is -0.127. The van der Waals surface area contributed by atoms with Gasteiger partial charge in [-0.15, -0.1) is 0 Å². The van der Waals surface area contributed by atoms with Crippen LogP contribution in [-0.2, 0) is 4.79 Å². The normalized spacial score (nSPS) is 20.0. The zero-order chi connectivity index (χ0) is 9.84. The van der Waals surface area contributed by atoms with E-state index < -0.39 is 0 Å². The maximum atomic E-state index is 11.3. The molecule has 1 amide bonds. The monoisotopic (exact) mass is 183 g/mol. The van der Waals surface area contributed by atoms with E-state index in [4.69, 9.17) is 0 Å². The Balaban J connectivity index is 2.22. The van der Waals surface area contributed by atoms with Crippen LogP contribution < -0.4 is 0 Å². The van der Waals surface area contributed by atoms with Crippen LogP contribution >= 0.6 is 0 Å². The Labute approximate surface area is 81.3 Å². The molecule has 1 saturated heterocycles. The highest BCUT2D eigenvalue weighted by molar-refractivity contribution is 5.77. The number of rotatable bonds is 4. The van der Waals surface area contributed by atoms with Crippen molar-refractivity contribution in [3.63, 3.8) is 0 Å². The first-order chi connectivity index (χ1) is 6.11. The molecule has 1 unspecified atom stereocenters. The van der Waals surface area contributed by atoms with Gasteiger partial charge in [0.05, 0.1) is 0 Å². The van der Waals surface area contributed by atoms with E-state index >= 15 is 0 Å². The molecule has 0 aromatic rings. The average Bonchev–Trinajstić information content (AvgIpc) is 2.47. The quantitative estimate of drug-likeness (QED) is 0.655. The highest BCUT2D eigenvalue weighted by atomic mass is 16.2. The van der Waals surface area contributed by atoms with Crippen LogP contribution in [0.25, 0.3) is 0 Å². The maximum absolute atomic E-state index is 11.3. The third-order valence-corrected chi connectivity index (χ3v) is 3.16. The highest BCUT2D eigenvalue weighted by Gasteiger charge is 2.20. The summed E-state index contributed by atoms with van der Waals surface area (Å²) in [6.45, 7) is 8.72. The van der Waals surface area contributed by atoms with Gasteiger partial charge in [0.1, 0.15) is 0 Å². The Morgan fingerprint density at radius 3 is 2.54 bits per heavy atom. The molecule has 1 rings (SSSR count). The second-order valence-corrected chi connectivity index (χ2v) is 4.49. The number of nitrogens with zero attached hydrogens (tertiary/aromatic N) is 1. The van der Waals surface area contributed by atoms with E-state index in [1.807, 2.05) is 4.90 Å². The summed E-state index contributed by atoms with van der Waals surface area (Å²) in [7, 11) is 0. The molecule has 2 heteroatoms. The summed E-state index contributed by atoms with van der Waals surface area (Å²) < 4.78 is 0. The Morgan fingerprint density at radius 1 is 1.38 bits per heavy atom. The minimum absolute atomic E-state index is 0.357. The van der Waals surface area contributed by atoms with Gasteiger partial charge in [0.15, 0.2) is 0 Å². The number of hydrogen-bond acceptors (Lipinski definition) is 1. The predicted octanol–water partition coefficient (Wildman–Crippen LogP) is 2.29. The van der Waals surface area contributed by atoms with Crippen LogP contribution in [0.4, 0.5) is 0 Å². The zero-order valence-electron chi connectivity index (χ0n) is 9.05. The minimum atomic E-state index is 0.357. The van der Waals surface area contributed by atoms with Crippen molar-refractivity contribution in [2.75, 3.05) is 13.1 Å². The molecule has 0 aromatic heterocycles. The summed E-state index contributed by atoms with van der Waals surface area (Å²) >= 11 is 0. The summed E-state index contributed by atoms with van der Waals surface area (Å²) in [6.07, 6.45) is 2.99. The molecule has 0 bridgehead atoms. The topological polar surface area (TPSA) is 20.3 Å². The second-order valence-electron chi connectivity index (χ2n) is 4.49. The number of amides is 1. The fourth-order valence-electron chi connectivity index (χ4n) is 1.63. The van der Waals surface area contributed by atoms with Gasteiger partial charge in [0.2, 0.25) is 5.91 Å². The van der Waals surface area contributed by atoms with Crippen molar-refractivity contribution in [3.05, 3.63) is 0 Å². The summed E-state index contributed by atoms with van der Waals surface area (Å²) in [4.78, 5) is 13.3. The standard InChI is InChI=1S/C11H21NO/c1-9(2)10(3)6-8-12-7-4-5-11(12)13/h9-10H,4-8H2,1-3H3. The largest absolute Gasteiger partial charge is 0.343 e. The SMILES string of the molecule is CC(C)C(C)CCN1CCCC1=O. The molecule has 0 N–H and O–H groups in total. The molecule has 0 aliphatic carbocycles. The van der Waals surface area contributed by atoms with E-state index in [2.05, 4.69) is 20.8 Å². The van der Waals surface area contributed by atoms with Gasteiger partial charge in [0.25, 0.3) is 0 Å². The molecule has 76 valence electrons. The second kappa shape index (κ2) is 4.64. The average molecular weight is 183 g/mol. The van der Waals surface area contributed by atoms with Crippen molar-refractivity contribution in [2.24, 2.45) is 11.8 Å². The van der Waals surface area contributed by atoms with Gasteiger partial charge in [-0.25, -0.2) is 0 Å². The van der Waals surface area contributed by atoms with Gasteiger partial charge in [-0.2, -0.15) is 0 Å². The Kier molecular flexibility index (Phi) is 3.76. The highest BCUT2D eigenvalue weighted by Crippen LogP contribution is 2.17. The van der Waals surface area contributed by atoms with Crippen molar-refractivity contribution >= 4 is 5.91 Å². The third kappa shape index (κ3) is 3.02. The molecular formula is C11H21NO. The van der Waals surface area contributed by atoms with E-state index in [1.54, 1.807) is 0 Å². The molecule has 13 heavy (non-hydrogen) atoms. The third-order valence-electron chi connectivity index (χ3n) is 3.16. The number of hydrogen-bond donors (Lipinski definition) is 0. The van der Waals surface area contributed by atoms with E-state index in [0.717, 1.165) is 44.2 Å². The summed E-state index contributed by atoms with van der Waals surface area (Å²) in [6, 6.07) is 0. The van der Waals surface area contributed by atoms with Crippen molar-refractivity contribution in [1.82, 2.24) is 4.90 Å². The molecule has 0 saturated carbocycles. The number of carbonyl (C=O) groups excluding carboxylic acids is 1. The van der Waals surface area contributed by atoms with E-state index in [9.17, 15) is 4.79 Å². The van der Waals surface area contributed by atoms with Gasteiger partial charge < -0.3 is 4.90 Å².